The van der Waals surface area contributed by atoms with E-state index >= 15 is 0 Å². The first-order valence-electron chi connectivity index (χ1n) is 8.77. The molecule has 0 aliphatic heterocycles. The van der Waals surface area contributed by atoms with Gasteiger partial charge >= 0.3 is 0 Å². The summed E-state index contributed by atoms with van der Waals surface area (Å²) in [5.41, 5.74) is 5.46. The number of rotatable bonds is 4. The van der Waals surface area contributed by atoms with Crippen LogP contribution in [0.25, 0.3) is 22.3 Å². The molecule has 4 nitrogen and oxygen atoms in total. The predicted octanol–water partition coefficient (Wildman–Crippen LogP) is 5.31. The fraction of sp³-hybridized carbons (Fsp3) is 0.136. The third kappa shape index (κ3) is 3.26. The molecular weight excluding hydrogens is 320 g/mol. The Labute approximate surface area is 153 Å². The van der Waals surface area contributed by atoms with Gasteiger partial charge in [0.1, 0.15) is 5.82 Å². The van der Waals surface area contributed by atoms with Crippen LogP contribution >= 0.6 is 0 Å². The van der Waals surface area contributed by atoms with Crippen LogP contribution in [0.4, 0.5) is 11.5 Å². The largest absolute Gasteiger partial charge is 0.340 e. The topological polar surface area (TPSA) is 50.7 Å². The van der Waals surface area contributed by atoms with E-state index in [9.17, 15) is 0 Å². The molecule has 0 saturated carbocycles. The van der Waals surface area contributed by atoms with Crippen molar-refractivity contribution >= 4 is 22.4 Å². The van der Waals surface area contributed by atoms with Crippen LogP contribution in [0.15, 0.2) is 67.0 Å². The van der Waals surface area contributed by atoms with E-state index in [1.165, 1.54) is 11.1 Å². The Morgan fingerprint density at radius 2 is 1.73 bits per heavy atom. The second kappa shape index (κ2) is 6.92. The van der Waals surface area contributed by atoms with Crippen LogP contribution in [0, 0.1) is 6.92 Å². The number of aromatic nitrogens is 3. The first-order valence-corrected chi connectivity index (χ1v) is 8.77. The number of aryl methyl sites for hydroxylation is 2. The van der Waals surface area contributed by atoms with E-state index in [-0.39, 0.29) is 0 Å². The standard InChI is InChI=1S/C22H20N4/c1-3-16-12-15(2)13-18(14-16)24-22-19-6-4-5-7-20(19)25-21(26-22)17-8-10-23-11-9-17/h4-14H,3H2,1-2H3,(H,24,25,26). The zero-order valence-electron chi connectivity index (χ0n) is 14.9. The summed E-state index contributed by atoms with van der Waals surface area (Å²) < 4.78 is 0. The van der Waals surface area contributed by atoms with Crippen molar-refractivity contribution in [1.29, 1.82) is 0 Å². The maximum atomic E-state index is 4.80. The van der Waals surface area contributed by atoms with Crippen LogP contribution < -0.4 is 5.32 Å². The van der Waals surface area contributed by atoms with E-state index in [1.807, 2.05) is 36.4 Å². The van der Waals surface area contributed by atoms with Gasteiger partial charge < -0.3 is 5.32 Å². The average molecular weight is 340 g/mol. The molecule has 1 N–H and O–H groups in total. The van der Waals surface area contributed by atoms with Gasteiger partial charge in [0.05, 0.1) is 5.52 Å². The van der Waals surface area contributed by atoms with E-state index in [0.29, 0.717) is 5.82 Å². The minimum absolute atomic E-state index is 0.692. The van der Waals surface area contributed by atoms with Crippen molar-refractivity contribution in [1.82, 2.24) is 15.0 Å². The van der Waals surface area contributed by atoms with Crippen LogP contribution in [0.3, 0.4) is 0 Å². The first-order chi connectivity index (χ1) is 12.7. The maximum absolute atomic E-state index is 4.80. The number of nitrogens with one attached hydrogen (secondary N) is 1. The van der Waals surface area contributed by atoms with E-state index in [4.69, 9.17) is 9.97 Å². The minimum Gasteiger partial charge on any atom is -0.340 e. The SMILES string of the molecule is CCc1cc(C)cc(Nc2nc(-c3ccncc3)nc3ccccc23)c1. The number of anilines is 2. The van der Waals surface area contributed by atoms with Crippen molar-refractivity contribution < 1.29 is 0 Å². The summed E-state index contributed by atoms with van der Waals surface area (Å²) in [6.07, 6.45) is 4.52. The summed E-state index contributed by atoms with van der Waals surface area (Å²) in [6.45, 7) is 4.28. The van der Waals surface area contributed by atoms with Gasteiger partial charge in [0.25, 0.3) is 0 Å². The summed E-state index contributed by atoms with van der Waals surface area (Å²) in [5, 5.41) is 4.51. The number of nitrogens with zero attached hydrogens (tertiary/aromatic N) is 3. The van der Waals surface area contributed by atoms with Gasteiger partial charge in [-0.2, -0.15) is 0 Å². The molecule has 0 aliphatic rings. The van der Waals surface area contributed by atoms with Gasteiger partial charge in [-0.15, -0.1) is 0 Å². The lowest BCUT2D eigenvalue weighted by Gasteiger charge is -2.12. The van der Waals surface area contributed by atoms with E-state index in [0.717, 1.165) is 34.4 Å². The Kier molecular flexibility index (Phi) is 4.32. The zero-order chi connectivity index (χ0) is 17.9. The molecule has 2 aromatic carbocycles. The molecule has 0 saturated heterocycles. The van der Waals surface area contributed by atoms with Crippen molar-refractivity contribution in [3.05, 3.63) is 78.1 Å². The van der Waals surface area contributed by atoms with Crippen molar-refractivity contribution in [3.8, 4) is 11.4 Å². The Hall–Kier alpha value is -3.27. The van der Waals surface area contributed by atoms with Crippen LogP contribution in [-0.2, 0) is 6.42 Å². The van der Waals surface area contributed by atoms with E-state index in [1.54, 1.807) is 12.4 Å². The maximum Gasteiger partial charge on any atom is 0.162 e. The highest BCUT2D eigenvalue weighted by molar-refractivity contribution is 5.92. The number of hydrogen-bond donors (Lipinski definition) is 1. The second-order valence-corrected chi connectivity index (χ2v) is 6.33. The molecule has 128 valence electrons. The third-order valence-corrected chi connectivity index (χ3v) is 4.35. The molecule has 0 bridgehead atoms. The number of benzene rings is 2. The van der Waals surface area contributed by atoms with Crippen LogP contribution in [0.1, 0.15) is 18.1 Å². The summed E-state index contributed by atoms with van der Waals surface area (Å²) in [5.74, 6) is 1.51. The highest BCUT2D eigenvalue weighted by atomic mass is 15.0. The monoisotopic (exact) mass is 340 g/mol. The lowest BCUT2D eigenvalue weighted by molar-refractivity contribution is 1.13. The zero-order valence-corrected chi connectivity index (χ0v) is 14.9. The lowest BCUT2D eigenvalue weighted by Crippen LogP contribution is -2.00. The predicted molar refractivity (Wildman–Crippen MR) is 107 cm³/mol. The summed E-state index contributed by atoms with van der Waals surface area (Å²) >= 11 is 0. The molecule has 4 heteroatoms. The van der Waals surface area contributed by atoms with Crippen molar-refractivity contribution in [2.45, 2.75) is 20.3 Å². The highest BCUT2D eigenvalue weighted by Gasteiger charge is 2.10. The van der Waals surface area contributed by atoms with Gasteiger partial charge in [-0.25, -0.2) is 9.97 Å². The van der Waals surface area contributed by atoms with E-state index in [2.05, 4.69) is 42.3 Å². The fourth-order valence-corrected chi connectivity index (χ4v) is 3.08. The molecule has 4 rings (SSSR count). The van der Waals surface area contributed by atoms with Crippen molar-refractivity contribution in [2.75, 3.05) is 5.32 Å². The van der Waals surface area contributed by atoms with Gasteiger partial charge in [-0.1, -0.05) is 25.1 Å². The average Bonchev–Trinajstić information content (AvgIpc) is 2.68. The van der Waals surface area contributed by atoms with Crippen molar-refractivity contribution in [2.24, 2.45) is 0 Å². The first kappa shape index (κ1) is 16.2. The smallest absolute Gasteiger partial charge is 0.162 e. The molecule has 0 spiro atoms. The summed E-state index contributed by atoms with van der Waals surface area (Å²) in [4.78, 5) is 13.6. The molecular formula is C22H20N4. The molecule has 0 radical (unpaired) electrons. The van der Waals surface area contributed by atoms with Crippen LogP contribution in [-0.4, -0.2) is 15.0 Å². The molecule has 2 aromatic heterocycles. The number of fused-ring (bicyclic) bond motifs is 1. The lowest BCUT2D eigenvalue weighted by atomic mass is 10.1. The number of para-hydroxylation sites is 1. The molecule has 0 unspecified atom stereocenters. The quantitative estimate of drug-likeness (QED) is 0.547. The molecule has 2 heterocycles. The van der Waals surface area contributed by atoms with Gasteiger partial charge in [0.15, 0.2) is 5.82 Å². The molecule has 4 aromatic rings. The summed E-state index contributed by atoms with van der Waals surface area (Å²) in [7, 11) is 0. The fourth-order valence-electron chi connectivity index (χ4n) is 3.08. The third-order valence-electron chi connectivity index (χ3n) is 4.35. The van der Waals surface area contributed by atoms with Gasteiger partial charge in [-0.3, -0.25) is 4.98 Å². The van der Waals surface area contributed by atoms with Gasteiger partial charge in [0.2, 0.25) is 0 Å². The summed E-state index contributed by atoms with van der Waals surface area (Å²) in [6, 6.07) is 18.5. The molecule has 0 aliphatic carbocycles. The molecule has 0 amide bonds. The van der Waals surface area contributed by atoms with E-state index < -0.39 is 0 Å². The minimum atomic E-state index is 0.692. The Morgan fingerprint density at radius 1 is 0.923 bits per heavy atom. The second-order valence-electron chi connectivity index (χ2n) is 6.33. The Bertz CT molecular complexity index is 1060. The molecule has 0 fully saturated rings. The Morgan fingerprint density at radius 3 is 2.54 bits per heavy atom. The van der Waals surface area contributed by atoms with Gasteiger partial charge in [0, 0.05) is 29.0 Å². The Balaban J connectivity index is 1.84. The van der Waals surface area contributed by atoms with Crippen LogP contribution in [0.2, 0.25) is 0 Å². The van der Waals surface area contributed by atoms with Gasteiger partial charge in [-0.05, 0) is 60.9 Å². The number of pyridine rings is 1. The number of hydrogen-bond acceptors (Lipinski definition) is 4. The molecule has 26 heavy (non-hydrogen) atoms. The van der Waals surface area contributed by atoms with Crippen molar-refractivity contribution in [3.63, 3.8) is 0 Å². The normalized spacial score (nSPS) is 10.8. The highest BCUT2D eigenvalue weighted by Crippen LogP contribution is 2.28. The van der Waals surface area contributed by atoms with Crippen LogP contribution in [0.5, 0.6) is 0 Å². The molecule has 0 atom stereocenters.